The van der Waals surface area contributed by atoms with Crippen LogP contribution in [0.4, 0.5) is 0 Å². The molecule has 1 aromatic rings. The molecule has 18 heavy (non-hydrogen) atoms. The first-order valence-electron chi connectivity index (χ1n) is 7.28. The highest BCUT2D eigenvalue weighted by molar-refractivity contribution is 5.29. The van der Waals surface area contributed by atoms with Crippen LogP contribution in [0.3, 0.4) is 0 Å². The van der Waals surface area contributed by atoms with Gasteiger partial charge in [-0.15, -0.1) is 0 Å². The van der Waals surface area contributed by atoms with E-state index in [1.807, 2.05) is 0 Å². The van der Waals surface area contributed by atoms with Crippen molar-refractivity contribution in [3.05, 3.63) is 29.8 Å². The van der Waals surface area contributed by atoms with Gasteiger partial charge in [0.15, 0.2) is 0 Å². The van der Waals surface area contributed by atoms with Crippen molar-refractivity contribution in [1.29, 1.82) is 0 Å². The summed E-state index contributed by atoms with van der Waals surface area (Å²) in [5, 5.41) is 0. The van der Waals surface area contributed by atoms with Crippen LogP contribution >= 0.6 is 0 Å². The molecule has 0 aliphatic heterocycles. The number of rotatable bonds is 4. The summed E-state index contributed by atoms with van der Waals surface area (Å²) in [5.41, 5.74) is 7.22. The van der Waals surface area contributed by atoms with E-state index < -0.39 is 0 Å². The zero-order valence-corrected chi connectivity index (χ0v) is 11.1. The molecule has 0 radical (unpaired) electrons. The van der Waals surface area contributed by atoms with Gasteiger partial charge in [-0.05, 0) is 61.6 Å². The molecule has 0 amide bonds. The molecule has 2 nitrogen and oxygen atoms in total. The third-order valence-electron chi connectivity index (χ3n) is 4.71. The predicted octanol–water partition coefficient (Wildman–Crippen LogP) is 3.66. The smallest absolute Gasteiger partial charge is 0.119 e. The van der Waals surface area contributed by atoms with Gasteiger partial charge in [-0.25, -0.2) is 0 Å². The van der Waals surface area contributed by atoms with Gasteiger partial charge in [-0.3, -0.25) is 0 Å². The topological polar surface area (TPSA) is 35.2 Å². The zero-order valence-electron chi connectivity index (χ0n) is 11.1. The second kappa shape index (κ2) is 4.93. The van der Waals surface area contributed by atoms with E-state index in [2.05, 4.69) is 31.2 Å². The lowest BCUT2D eigenvalue weighted by molar-refractivity contribution is 0.138. The minimum absolute atomic E-state index is 0.154. The predicted molar refractivity (Wildman–Crippen MR) is 73.5 cm³/mol. The van der Waals surface area contributed by atoms with Crippen LogP contribution in [0.5, 0.6) is 5.75 Å². The third-order valence-corrected chi connectivity index (χ3v) is 4.71. The largest absolute Gasteiger partial charge is 0.490 e. The molecule has 0 aromatic heterocycles. The standard InChI is InChI=1S/C16H23NO/c1-2-15(17)12-5-7-14(8-6-12)18-16-10-11-3-4-13(16)9-11/h5-8,11,13,15-16H,2-4,9-10,17H2,1H3. The van der Waals surface area contributed by atoms with Crippen molar-refractivity contribution < 1.29 is 4.74 Å². The summed E-state index contributed by atoms with van der Waals surface area (Å²) >= 11 is 0. The van der Waals surface area contributed by atoms with Gasteiger partial charge in [0.25, 0.3) is 0 Å². The molecular weight excluding hydrogens is 222 g/mol. The highest BCUT2D eigenvalue weighted by atomic mass is 16.5. The van der Waals surface area contributed by atoms with E-state index in [9.17, 15) is 0 Å². The molecule has 98 valence electrons. The lowest BCUT2D eigenvalue weighted by Crippen LogP contribution is -2.23. The first-order valence-corrected chi connectivity index (χ1v) is 7.28. The molecule has 4 atom stereocenters. The van der Waals surface area contributed by atoms with Gasteiger partial charge in [0.2, 0.25) is 0 Å². The molecule has 4 unspecified atom stereocenters. The van der Waals surface area contributed by atoms with Crippen LogP contribution in [0, 0.1) is 11.8 Å². The summed E-state index contributed by atoms with van der Waals surface area (Å²) in [4.78, 5) is 0. The Morgan fingerprint density at radius 1 is 1.22 bits per heavy atom. The van der Waals surface area contributed by atoms with Crippen LogP contribution in [0.2, 0.25) is 0 Å². The van der Waals surface area contributed by atoms with Crippen LogP contribution in [0.15, 0.2) is 24.3 Å². The molecule has 0 saturated heterocycles. The van der Waals surface area contributed by atoms with Gasteiger partial charge in [0, 0.05) is 6.04 Å². The van der Waals surface area contributed by atoms with Crippen molar-refractivity contribution in [1.82, 2.24) is 0 Å². The van der Waals surface area contributed by atoms with Crippen LogP contribution in [-0.4, -0.2) is 6.10 Å². The zero-order chi connectivity index (χ0) is 12.5. The molecule has 2 fully saturated rings. The third kappa shape index (κ3) is 2.26. The lowest BCUT2D eigenvalue weighted by atomic mass is 9.97. The maximum absolute atomic E-state index is 6.14. The molecule has 1 aromatic carbocycles. The lowest BCUT2D eigenvalue weighted by Gasteiger charge is -2.23. The van der Waals surface area contributed by atoms with Crippen molar-refractivity contribution in [3.63, 3.8) is 0 Å². The van der Waals surface area contributed by atoms with Crippen LogP contribution in [-0.2, 0) is 0 Å². The number of hydrogen-bond donors (Lipinski definition) is 1. The molecule has 0 spiro atoms. The number of ether oxygens (including phenoxy) is 1. The van der Waals surface area contributed by atoms with Gasteiger partial charge in [0.1, 0.15) is 11.9 Å². The Labute approximate surface area is 110 Å². The molecular formula is C16H23NO. The van der Waals surface area contributed by atoms with Gasteiger partial charge in [-0.2, -0.15) is 0 Å². The highest BCUT2D eigenvalue weighted by Gasteiger charge is 2.40. The Bertz CT molecular complexity index is 400. The Kier molecular flexibility index (Phi) is 3.29. The Hall–Kier alpha value is -1.02. The van der Waals surface area contributed by atoms with E-state index in [4.69, 9.17) is 10.5 Å². The minimum atomic E-state index is 0.154. The van der Waals surface area contributed by atoms with E-state index in [1.165, 1.54) is 31.2 Å². The van der Waals surface area contributed by atoms with E-state index in [1.54, 1.807) is 0 Å². The van der Waals surface area contributed by atoms with Crippen molar-refractivity contribution >= 4 is 0 Å². The number of fused-ring (bicyclic) bond motifs is 2. The molecule has 2 heteroatoms. The van der Waals surface area contributed by atoms with E-state index in [0.29, 0.717) is 6.10 Å². The summed E-state index contributed by atoms with van der Waals surface area (Å²) in [6.07, 6.45) is 6.90. The Morgan fingerprint density at radius 2 is 2.00 bits per heavy atom. The molecule has 2 bridgehead atoms. The van der Waals surface area contributed by atoms with Crippen LogP contribution in [0.25, 0.3) is 0 Å². The fourth-order valence-corrected chi connectivity index (χ4v) is 3.53. The first-order chi connectivity index (χ1) is 8.76. The maximum atomic E-state index is 6.14. The average molecular weight is 245 g/mol. The summed E-state index contributed by atoms with van der Waals surface area (Å²) in [6.45, 7) is 2.12. The Morgan fingerprint density at radius 3 is 2.56 bits per heavy atom. The summed E-state index contributed by atoms with van der Waals surface area (Å²) in [5.74, 6) is 2.76. The first kappa shape index (κ1) is 12.0. The van der Waals surface area contributed by atoms with Crippen molar-refractivity contribution in [3.8, 4) is 5.75 Å². The second-order valence-corrected chi connectivity index (χ2v) is 5.91. The Balaban J connectivity index is 1.63. The average Bonchev–Trinajstić information content (AvgIpc) is 3.01. The fraction of sp³-hybridized carbons (Fsp3) is 0.625. The SMILES string of the molecule is CCC(N)c1ccc(OC2CC3CCC2C3)cc1. The molecule has 2 aliphatic carbocycles. The van der Waals surface area contributed by atoms with Crippen molar-refractivity contribution in [2.24, 2.45) is 17.6 Å². The molecule has 3 rings (SSSR count). The summed E-state index contributed by atoms with van der Waals surface area (Å²) in [7, 11) is 0. The van der Waals surface area contributed by atoms with E-state index in [-0.39, 0.29) is 6.04 Å². The van der Waals surface area contributed by atoms with Crippen molar-refractivity contribution in [2.45, 2.75) is 51.2 Å². The molecule has 2 N–H and O–H groups in total. The van der Waals surface area contributed by atoms with Gasteiger partial charge in [-0.1, -0.05) is 19.1 Å². The number of benzene rings is 1. The quantitative estimate of drug-likeness (QED) is 0.878. The summed E-state index contributed by atoms with van der Waals surface area (Å²) < 4.78 is 6.14. The monoisotopic (exact) mass is 245 g/mol. The van der Waals surface area contributed by atoms with Crippen LogP contribution in [0.1, 0.15) is 50.6 Å². The van der Waals surface area contributed by atoms with E-state index in [0.717, 1.165) is 24.0 Å². The molecule has 2 aliphatic rings. The second-order valence-electron chi connectivity index (χ2n) is 5.91. The maximum Gasteiger partial charge on any atom is 0.119 e. The minimum Gasteiger partial charge on any atom is -0.490 e. The molecule has 2 saturated carbocycles. The highest BCUT2D eigenvalue weighted by Crippen LogP contribution is 2.45. The van der Waals surface area contributed by atoms with Crippen LogP contribution < -0.4 is 10.5 Å². The molecule has 0 heterocycles. The van der Waals surface area contributed by atoms with Crippen molar-refractivity contribution in [2.75, 3.05) is 0 Å². The van der Waals surface area contributed by atoms with Gasteiger partial charge in [0.05, 0.1) is 0 Å². The normalized spacial score (nSPS) is 31.6. The van der Waals surface area contributed by atoms with E-state index >= 15 is 0 Å². The summed E-state index contributed by atoms with van der Waals surface area (Å²) in [6, 6.07) is 8.53. The number of nitrogens with two attached hydrogens (primary N) is 1. The number of hydrogen-bond acceptors (Lipinski definition) is 2. The van der Waals surface area contributed by atoms with Gasteiger partial charge < -0.3 is 10.5 Å². The van der Waals surface area contributed by atoms with Gasteiger partial charge >= 0.3 is 0 Å². The fourth-order valence-electron chi connectivity index (χ4n) is 3.53.